The van der Waals surface area contributed by atoms with Crippen molar-refractivity contribution in [3.63, 3.8) is 0 Å². The predicted octanol–water partition coefficient (Wildman–Crippen LogP) is 12.1. The summed E-state index contributed by atoms with van der Waals surface area (Å²) >= 11 is 0. The molecule has 0 aromatic carbocycles. The van der Waals surface area contributed by atoms with E-state index in [0.717, 1.165) is 44.9 Å². The van der Waals surface area contributed by atoms with Gasteiger partial charge in [0.2, 0.25) is 0 Å². The molecule has 0 aromatic rings. The minimum Gasteiger partial charge on any atom is -0.396 e. The molecule has 1 fully saturated rings. The van der Waals surface area contributed by atoms with E-state index in [1.165, 1.54) is 167 Å². The van der Waals surface area contributed by atoms with Crippen LogP contribution in [0.5, 0.6) is 0 Å². The molecule has 7 nitrogen and oxygen atoms in total. The summed E-state index contributed by atoms with van der Waals surface area (Å²) in [5.41, 5.74) is -2.09. The number of aliphatic hydroxyl groups is 7. The van der Waals surface area contributed by atoms with E-state index in [4.69, 9.17) is 0 Å². The third-order valence-electron chi connectivity index (χ3n) is 15.3. The molecule has 0 spiro atoms. The van der Waals surface area contributed by atoms with Crippen molar-refractivity contribution in [2.45, 2.75) is 257 Å². The van der Waals surface area contributed by atoms with E-state index in [0.29, 0.717) is 44.9 Å². The summed E-state index contributed by atoms with van der Waals surface area (Å²) in [6.07, 6.45) is 45.0. The van der Waals surface area contributed by atoms with E-state index in [2.05, 4.69) is 0 Å². The van der Waals surface area contributed by atoms with Crippen molar-refractivity contribution in [2.75, 3.05) is 46.2 Å². The van der Waals surface area contributed by atoms with Gasteiger partial charge in [0, 0.05) is 46.2 Å². The maximum atomic E-state index is 10.9. The van der Waals surface area contributed by atoms with Crippen LogP contribution in [-0.4, -0.2) is 82.0 Å². The molecule has 1 atom stereocenters. The van der Waals surface area contributed by atoms with Gasteiger partial charge < -0.3 is 35.7 Å². The molecule has 0 aliphatic heterocycles. The Hall–Kier alpha value is -0.280. The van der Waals surface area contributed by atoms with Gasteiger partial charge in [-0.2, -0.15) is 0 Å². The van der Waals surface area contributed by atoms with Gasteiger partial charge in [0.05, 0.1) is 0 Å². The average Bonchev–Trinajstić information content (AvgIpc) is 3.21. The Balaban J connectivity index is 3.19. The number of hydrogen-bond donors (Lipinski definition) is 7. The highest BCUT2D eigenvalue weighted by atomic mass is 16.3. The highest BCUT2D eigenvalue weighted by Gasteiger charge is 2.62. The minimum absolute atomic E-state index is 0.00932. The quantitative estimate of drug-likeness (QED) is 0.0924. The lowest BCUT2D eigenvalue weighted by Crippen LogP contribution is -2.59. The Morgan fingerprint density at radius 1 is 0.276 bits per heavy atom. The van der Waals surface area contributed by atoms with Gasteiger partial charge in [0.25, 0.3) is 0 Å². The van der Waals surface area contributed by atoms with Crippen molar-refractivity contribution in [1.29, 1.82) is 0 Å². The fourth-order valence-corrected chi connectivity index (χ4v) is 12.2. The highest BCUT2D eigenvalue weighted by molar-refractivity contribution is 5.10. The number of rotatable bonds is 14. The summed E-state index contributed by atoms with van der Waals surface area (Å²) < 4.78 is 0. The van der Waals surface area contributed by atoms with E-state index < -0.39 is 16.2 Å². The maximum absolute atomic E-state index is 10.9. The molecule has 58 heavy (non-hydrogen) atoms. The molecule has 1 unspecified atom stereocenters. The molecule has 0 radical (unpaired) electrons. The molecule has 7 N–H and O–H groups in total. The molecule has 0 heterocycles. The summed E-state index contributed by atoms with van der Waals surface area (Å²) in [6.45, 7) is -0.602. The van der Waals surface area contributed by atoms with Gasteiger partial charge >= 0.3 is 0 Å². The van der Waals surface area contributed by atoms with Crippen molar-refractivity contribution in [3.8, 4) is 0 Å². The minimum atomic E-state index is -0.769. The van der Waals surface area contributed by atoms with Crippen LogP contribution in [0.1, 0.15) is 257 Å². The SMILES string of the molecule is OCCC1CCCCCCCCCCCCCCCCCCCCCCCCCCCCCCCCCC(CCO)(CCO)C(CCO)(CCO)C1(CCO)CCO. The predicted molar refractivity (Wildman–Crippen MR) is 245 cm³/mol. The zero-order valence-corrected chi connectivity index (χ0v) is 38.4. The zero-order valence-electron chi connectivity index (χ0n) is 38.4. The van der Waals surface area contributed by atoms with Gasteiger partial charge in [-0.05, 0) is 80.0 Å². The molecule has 1 rings (SSSR count). The van der Waals surface area contributed by atoms with Crippen molar-refractivity contribution in [3.05, 3.63) is 0 Å². The van der Waals surface area contributed by atoms with Crippen LogP contribution in [0, 0.1) is 22.2 Å². The van der Waals surface area contributed by atoms with Crippen molar-refractivity contribution in [2.24, 2.45) is 22.2 Å². The van der Waals surface area contributed by atoms with Crippen LogP contribution in [0.3, 0.4) is 0 Å². The van der Waals surface area contributed by atoms with Gasteiger partial charge in [-0.25, -0.2) is 0 Å². The Bertz CT molecular complexity index is 835. The van der Waals surface area contributed by atoms with Gasteiger partial charge in [0.15, 0.2) is 0 Å². The summed E-state index contributed by atoms with van der Waals surface area (Å²) in [7, 11) is 0. The maximum Gasteiger partial charge on any atom is 0.0436 e. The van der Waals surface area contributed by atoms with Gasteiger partial charge in [-0.3, -0.25) is 0 Å². The Morgan fingerprint density at radius 3 is 0.793 bits per heavy atom. The molecule has 0 aromatic heterocycles. The second-order valence-electron chi connectivity index (χ2n) is 19.1. The topological polar surface area (TPSA) is 142 Å². The lowest BCUT2D eigenvalue weighted by Gasteiger charge is -2.64. The first kappa shape index (κ1) is 55.7. The van der Waals surface area contributed by atoms with Crippen molar-refractivity contribution >= 4 is 0 Å². The largest absolute Gasteiger partial charge is 0.396 e. The summed E-state index contributed by atoms with van der Waals surface area (Å²) in [5, 5.41) is 75.4. The van der Waals surface area contributed by atoms with E-state index in [-0.39, 0.29) is 52.2 Å². The van der Waals surface area contributed by atoms with E-state index in [1.54, 1.807) is 0 Å². The first-order valence-electron chi connectivity index (χ1n) is 25.8. The monoisotopic (exact) mass is 827 g/mol. The van der Waals surface area contributed by atoms with Gasteiger partial charge in [-0.15, -0.1) is 0 Å². The van der Waals surface area contributed by atoms with Crippen molar-refractivity contribution in [1.82, 2.24) is 0 Å². The standard InChI is InChI=1S/C51H102O7/c52-41-33-48-32-30-28-26-24-22-20-18-16-14-12-10-8-6-4-2-1-3-5-7-9-11-13-15-17-19-21-23-25-27-29-31-34-49(35-42-53,36-43-54)51(39-46-57,40-47-58)50(48,37-44-55)38-45-56/h48,52-58H,1-47H2. The van der Waals surface area contributed by atoms with E-state index in [9.17, 15) is 35.7 Å². The van der Waals surface area contributed by atoms with Crippen LogP contribution in [0.2, 0.25) is 0 Å². The Kier molecular flexibility index (Phi) is 36.9. The molecule has 0 saturated heterocycles. The summed E-state index contributed by atoms with van der Waals surface area (Å²) in [6, 6.07) is 0. The fraction of sp³-hybridized carbons (Fsp3) is 1.00. The van der Waals surface area contributed by atoms with Crippen LogP contribution < -0.4 is 0 Å². The summed E-state index contributed by atoms with van der Waals surface area (Å²) in [5.74, 6) is -0.0482. The molecule has 1 aliphatic carbocycles. The normalized spacial score (nSPS) is 23.7. The Labute approximate surface area is 360 Å². The van der Waals surface area contributed by atoms with Crippen LogP contribution in [0.15, 0.2) is 0 Å². The molecular formula is C51H102O7. The lowest BCUT2D eigenvalue weighted by atomic mass is 9.40. The fourth-order valence-electron chi connectivity index (χ4n) is 12.2. The van der Waals surface area contributed by atoms with Crippen molar-refractivity contribution < 1.29 is 35.7 Å². The van der Waals surface area contributed by atoms with Crippen LogP contribution in [-0.2, 0) is 0 Å². The average molecular weight is 827 g/mol. The first-order chi connectivity index (χ1) is 28.5. The van der Waals surface area contributed by atoms with Crippen LogP contribution in [0.25, 0.3) is 0 Å². The molecule has 7 heteroatoms. The highest BCUT2D eigenvalue weighted by Crippen LogP contribution is 2.67. The number of aliphatic hydroxyl groups excluding tert-OH is 7. The third-order valence-corrected chi connectivity index (χ3v) is 15.3. The molecule has 0 amide bonds. The smallest absolute Gasteiger partial charge is 0.0436 e. The lowest BCUT2D eigenvalue weighted by molar-refractivity contribution is -0.183. The summed E-state index contributed by atoms with van der Waals surface area (Å²) in [4.78, 5) is 0. The Morgan fingerprint density at radius 2 is 0.534 bits per heavy atom. The second kappa shape index (κ2) is 38.4. The second-order valence-corrected chi connectivity index (χ2v) is 19.1. The third kappa shape index (κ3) is 21.7. The van der Waals surface area contributed by atoms with E-state index >= 15 is 0 Å². The van der Waals surface area contributed by atoms with E-state index in [1.807, 2.05) is 0 Å². The van der Waals surface area contributed by atoms with Gasteiger partial charge in [0.1, 0.15) is 0 Å². The number of hydrogen-bond acceptors (Lipinski definition) is 7. The molecule has 0 bridgehead atoms. The van der Waals surface area contributed by atoms with Gasteiger partial charge in [-0.1, -0.05) is 199 Å². The van der Waals surface area contributed by atoms with Crippen LogP contribution in [0.4, 0.5) is 0 Å². The zero-order chi connectivity index (χ0) is 42.3. The molecule has 348 valence electrons. The van der Waals surface area contributed by atoms with Crippen LogP contribution >= 0.6 is 0 Å². The molecular weight excluding hydrogens is 725 g/mol. The first-order valence-corrected chi connectivity index (χ1v) is 25.8. The molecule has 1 saturated carbocycles. The molecule has 1 aliphatic rings.